The lowest BCUT2D eigenvalue weighted by Gasteiger charge is -2.27. The molecule has 1 aliphatic heterocycles. The van der Waals surface area contributed by atoms with Gasteiger partial charge in [0.2, 0.25) is 0 Å². The van der Waals surface area contributed by atoms with E-state index in [1.807, 2.05) is 6.92 Å². The molecule has 4 nitrogen and oxygen atoms in total. The lowest BCUT2D eigenvalue weighted by Crippen LogP contribution is -2.54. The molecule has 0 radical (unpaired) electrons. The molecule has 1 atom stereocenters. The summed E-state index contributed by atoms with van der Waals surface area (Å²) in [5.41, 5.74) is 0. The number of carbonyl (C=O) groups excluding carboxylic acids is 2. The second-order valence-electron chi connectivity index (χ2n) is 2.56. The molecule has 1 saturated heterocycles. The molecule has 1 fully saturated rings. The average molecular weight is 142 g/mol. The Bertz CT molecular complexity index is 179. The molecule has 0 saturated carbocycles. The molecule has 0 unspecified atom stereocenters. The molecule has 0 bridgehead atoms. The molecule has 1 rings (SSSR count). The molecular weight excluding hydrogens is 132 g/mol. The molecule has 4 heteroatoms. The summed E-state index contributed by atoms with van der Waals surface area (Å²) in [5, 5.41) is 2.53. The van der Waals surface area contributed by atoms with Crippen LogP contribution >= 0.6 is 0 Å². The number of likely N-dealkylation sites (N-methyl/N-ethyl adjacent to an activating group) is 1. The van der Waals surface area contributed by atoms with Crippen LogP contribution in [0.25, 0.3) is 0 Å². The minimum atomic E-state index is -0.499. The van der Waals surface area contributed by atoms with Gasteiger partial charge in [-0.05, 0) is 6.92 Å². The van der Waals surface area contributed by atoms with Crippen molar-refractivity contribution in [3.05, 3.63) is 0 Å². The zero-order valence-corrected chi connectivity index (χ0v) is 6.05. The summed E-state index contributed by atoms with van der Waals surface area (Å²) in [6, 6.07) is 0.0789. The van der Waals surface area contributed by atoms with Crippen molar-refractivity contribution in [1.82, 2.24) is 10.2 Å². The third-order valence-corrected chi connectivity index (χ3v) is 1.47. The molecule has 0 aromatic heterocycles. The fourth-order valence-corrected chi connectivity index (χ4v) is 0.998. The Morgan fingerprint density at radius 2 is 2.20 bits per heavy atom. The summed E-state index contributed by atoms with van der Waals surface area (Å²) in [6.07, 6.45) is 0. The number of carbonyl (C=O) groups is 2. The van der Waals surface area contributed by atoms with Crippen molar-refractivity contribution in [2.45, 2.75) is 13.0 Å². The second kappa shape index (κ2) is 2.28. The molecule has 10 heavy (non-hydrogen) atoms. The summed E-state index contributed by atoms with van der Waals surface area (Å²) in [5.74, 6) is -0.945. The van der Waals surface area contributed by atoms with Crippen LogP contribution < -0.4 is 5.32 Å². The average Bonchev–Trinajstić information content (AvgIpc) is 1.82. The lowest BCUT2D eigenvalue weighted by atomic mass is 10.2. The van der Waals surface area contributed by atoms with Crippen LogP contribution in [0.3, 0.4) is 0 Å². The first kappa shape index (κ1) is 7.05. The van der Waals surface area contributed by atoms with Crippen molar-refractivity contribution in [3.8, 4) is 0 Å². The van der Waals surface area contributed by atoms with E-state index < -0.39 is 11.8 Å². The van der Waals surface area contributed by atoms with E-state index >= 15 is 0 Å². The highest BCUT2D eigenvalue weighted by molar-refractivity contribution is 6.35. The predicted octanol–water partition coefficient (Wildman–Crippen LogP) is -1.04. The maximum absolute atomic E-state index is 10.8. The van der Waals surface area contributed by atoms with Crippen molar-refractivity contribution in [2.75, 3.05) is 13.6 Å². The van der Waals surface area contributed by atoms with Gasteiger partial charge in [0.25, 0.3) is 0 Å². The third-order valence-electron chi connectivity index (χ3n) is 1.47. The molecule has 2 amide bonds. The van der Waals surface area contributed by atoms with Crippen molar-refractivity contribution in [2.24, 2.45) is 0 Å². The fourth-order valence-electron chi connectivity index (χ4n) is 0.998. The first-order valence-corrected chi connectivity index (χ1v) is 3.17. The second-order valence-corrected chi connectivity index (χ2v) is 2.56. The number of hydrogen-bond acceptors (Lipinski definition) is 2. The Morgan fingerprint density at radius 3 is 2.70 bits per heavy atom. The van der Waals surface area contributed by atoms with E-state index in [-0.39, 0.29) is 6.04 Å². The minimum absolute atomic E-state index is 0.0789. The van der Waals surface area contributed by atoms with Crippen LogP contribution in [0.5, 0.6) is 0 Å². The molecule has 0 aromatic rings. The van der Waals surface area contributed by atoms with E-state index in [1.54, 1.807) is 7.05 Å². The topological polar surface area (TPSA) is 49.4 Å². The van der Waals surface area contributed by atoms with Gasteiger partial charge in [-0.15, -0.1) is 0 Å². The monoisotopic (exact) mass is 142 g/mol. The predicted molar refractivity (Wildman–Crippen MR) is 35.2 cm³/mol. The van der Waals surface area contributed by atoms with Gasteiger partial charge in [0.1, 0.15) is 0 Å². The van der Waals surface area contributed by atoms with E-state index in [4.69, 9.17) is 0 Å². The van der Waals surface area contributed by atoms with Crippen LogP contribution in [-0.4, -0.2) is 36.3 Å². The Labute approximate surface area is 59.2 Å². The van der Waals surface area contributed by atoms with E-state index in [1.165, 1.54) is 4.90 Å². The summed E-state index contributed by atoms with van der Waals surface area (Å²) in [6.45, 7) is 2.46. The summed E-state index contributed by atoms with van der Waals surface area (Å²) in [7, 11) is 1.62. The molecule has 56 valence electrons. The Hall–Kier alpha value is -1.06. The smallest absolute Gasteiger partial charge is 0.311 e. The quantitative estimate of drug-likeness (QED) is 0.439. The van der Waals surface area contributed by atoms with E-state index in [0.717, 1.165) is 0 Å². The van der Waals surface area contributed by atoms with Gasteiger partial charge in [0.15, 0.2) is 0 Å². The standard InChI is InChI=1S/C6H10N2O2/c1-4-3-8(2)6(10)5(9)7-4/h4H,3H2,1-2H3,(H,7,9)/t4-/m0/s1. The number of hydrogen-bond donors (Lipinski definition) is 1. The number of nitrogens with one attached hydrogen (secondary N) is 1. The first-order chi connectivity index (χ1) is 4.61. The van der Waals surface area contributed by atoms with Gasteiger partial charge in [-0.3, -0.25) is 9.59 Å². The molecular formula is C6H10N2O2. The maximum Gasteiger partial charge on any atom is 0.311 e. The number of nitrogens with zero attached hydrogens (tertiary/aromatic N) is 1. The molecule has 1 aliphatic rings. The maximum atomic E-state index is 10.8. The van der Waals surface area contributed by atoms with Crippen molar-refractivity contribution in [3.63, 3.8) is 0 Å². The zero-order valence-electron chi connectivity index (χ0n) is 6.05. The van der Waals surface area contributed by atoms with Crippen LogP contribution in [-0.2, 0) is 9.59 Å². The molecule has 1 heterocycles. The van der Waals surface area contributed by atoms with Crippen LogP contribution in [0.4, 0.5) is 0 Å². The van der Waals surface area contributed by atoms with E-state index in [9.17, 15) is 9.59 Å². The Morgan fingerprint density at radius 1 is 1.60 bits per heavy atom. The van der Waals surface area contributed by atoms with Gasteiger partial charge in [-0.2, -0.15) is 0 Å². The summed E-state index contributed by atoms with van der Waals surface area (Å²) >= 11 is 0. The molecule has 0 spiro atoms. The van der Waals surface area contributed by atoms with E-state index in [0.29, 0.717) is 6.54 Å². The van der Waals surface area contributed by atoms with Crippen molar-refractivity contribution in [1.29, 1.82) is 0 Å². The van der Waals surface area contributed by atoms with Gasteiger partial charge in [0.05, 0.1) is 0 Å². The highest BCUT2D eigenvalue weighted by Gasteiger charge is 2.26. The highest BCUT2D eigenvalue weighted by Crippen LogP contribution is 1.96. The van der Waals surface area contributed by atoms with Gasteiger partial charge in [0, 0.05) is 19.6 Å². The summed E-state index contributed by atoms with van der Waals surface area (Å²) in [4.78, 5) is 22.9. The van der Waals surface area contributed by atoms with E-state index in [2.05, 4.69) is 5.32 Å². The van der Waals surface area contributed by atoms with Crippen molar-refractivity contribution >= 4 is 11.8 Å². The number of amides is 2. The van der Waals surface area contributed by atoms with Crippen LogP contribution in [0, 0.1) is 0 Å². The first-order valence-electron chi connectivity index (χ1n) is 3.17. The Balaban J connectivity index is 2.66. The zero-order chi connectivity index (χ0) is 7.72. The van der Waals surface area contributed by atoms with Crippen LogP contribution in [0.2, 0.25) is 0 Å². The molecule has 1 N–H and O–H groups in total. The molecule has 0 aliphatic carbocycles. The lowest BCUT2D eigenvalue weighted by molar-refractivity contribution is -0.148. The van der Waals surface area contributed by atoms with Gasteiger partial charge in [-0.1, -0.05) is 0 Å². The van der Waals surface area contributed by atoms with Gasteiger partial charge >= 0.3 is 11.8 Å². The van der Waals surface area contributed by atoms with Gasteiger partial charge < -0.3 is 10.2 Å². The highest BCUT2D eigenvalue weighted by atomic mass is 16.2. The van der Waals surface area contributed by atoms with Crippen LogP contribution in [0.1, 0.15) is 6.92 Å². The minimum Gasteiger partial charge on any atom is -0.344 e. The number of rotatable bonds is 0. The normalized spacial score (nSPS) is 26.6. The third kappa shape index (κ3) is 1.10. The Kier molecular flexibility index (Phi) is 1.61. The largest absolute Gasteiger partial charge is 0.344 e. The van der Waals surface area contributed by atoms with Crippen LogP contribution in [0.15, 0.2) is 0 Å². The van der Waals surface area contributed by atoms with Gasteiger partial charge in [-0.25, -0.2) is 0 Å². The summed E-state index contributed by atoms with van der Waals surface area (Å²) < 4.78 is 0. The molecule has 0 aromatic carbocycles. The SMILES string of the molecule is C[C@H]1CN(C)C(=O)C(=O)N1. The van der Waals surface area contributed by atoms with Crippen molar-refractivity contribution < 1.29 is 9.59 Å². The number of piperazine rings is 1. The fraction of sp³-hybridized carbons (Fsp3) is 0.667.